The summed E-state index contributed by atoms with van der Waals surface area (Å²) >= 11 is 9.32. The van der Waals surface area contributed by atoms with Gasteiger partial charge >= 0.3 is 0 Å². The highest BCUT2D eigenvalue weighted by Crippen LogP contribution is 2.26. The third-order valence-corrected chi connectivity index (χ3v) is 2.97. The van der Waals surface area contributed by atoms with Crippen molar-refractivity contribution in [1.82, 2.24) is 4.98 Å². The molecule has 0 amide bonds. The van der Waals surface area contributed by atoms with E-state index in [2.05, 4.69) is 32.7 Å². The van der Waals surface area contributed by atoms with E-state index < -0.39 is 0 Å². The largest absolute Gasteiger partial charge is 0.380 e. The van der Waals surface area contributed by atoms with E-state index in [-0.39, 0.29) is 0 Å². The number of likely N-dealkylation sites (N-methyl/N-ethyl adjacent to an activating group) is 1. The van der Waals surface area contributed by atoms with Crippen LogP contribution in [0.4, 0.5) is 5.82 Å². The molecule has 1 aromatic rings. The Labute approximate surface area is 110 Å². The van der Waals surface area contributed by atoms with Crippen molar-refractivity contribution in [3.63, 3.8) is 0 Å². The SMILES string of the molecule is CCOCCN(CC)c1ncc(Cl)cc1Br. The van der Waals surface area contributed by atoms with E-state index in [0.29, 0.717) is 11.6 Å². The molecule has 0 aliphatic heterocycles. The number of hydrogen-bond acceptors (Lipinski definition) is 3. The minimum Gasteiger partial charge on any atom is -0.380 e. The number of anilines is 1. The molecule has 16 heavy (non-hydrogen) atoms. The van der Waals surface area contributed by atoms with Crippen molar-refractivity contribution in [2.24, 2.45) is 0 Å². The highest BCUT2D eigenvalue weighted by molar-refractivity contribution is 9.10. The first-order chi connectivity index (χ1) is 7.69. The van der Waals surface area contributed by atoms with Crippen LogP contribution < -0.4 is 4.90 Å². The Morgan fingerprint density at radius 1 is 1.50 bits per heavy atom. The van der Waals surface area contributed by atoms with Crippen molar-refractivity contribution in [3.05, 3.63) is 21.8 Å². The molecule has 1 heterocycles. The predicted octanol–water partition coefficient (Wildman–Crippen LogP) is 3.36. The molecule has 1 aromatic heterocycles. The van der Waals surface area contributed by atoms with Crippen molar-refractivity contribution in [3.8, 4) is 0 Å². The van der Waals surface area contributed by atoms with E-state index in [1.54, 1.807) is 6.20 Å². The van der Waals surface area contributed by atoms with Crippen molar-refractivity contribution < 1.29 is 4.74 Å². The van der Waals surface area contributed by atoms with E-state index in [4.69, 9.17) is 16.3 Å². The normalized spacial score (nSPS) is 10.5. The summed E-state index contributed by atoms with van der Waals surface area (Å²) in [5.74, 6) is 0.909. The maximum atomic E-state index is 5.86. The number of halogens is 2. The van der Waals surface area contributed by atoms with E-state index >= 15 is 0 Å². The molecule has 0 saturated carbocycles. The van der Waals surface area contributed by atoms with Crippen LogP contribution in [0.1, 0.15) is 13.8 Å². The highest BCUT2D eigenvalue weighted by atomic mass is 79.9. The number of nitrogens with zero attached hydrogens (tertiary/aromatic N) is 2. The molecule has 0 aliphatic carbocycles. The van der Waals surface area contributed by atoms with E-state index in [0.717, 1.165) is 30.0 Å². The molecular formula is C11H16BrClN2O. The number of rotatable bonds is 6. The quantitative estimate of drug-likeness (QED) is 0.754. The lowest BCUT2D eigenvalue weighted by Gasteiger charge is -2.22. The molecule has 1 rings (SSSR count). The molecule has 90 valence electrons. The van der Waals surface area contributed by atoms with Gasteiger partial charge in [-0.1, -0.05) is 11.6 Å². The summed E-state index contributed by atoms with van der Waals surface area (Å²) in [4.78, 5) is 6.47. The zero-order valence-electron chi connectivity index (χ0n) is 9.54. The summed E-state index contributed by atoms with van der Waals surface area (Å²) < 4.78 is 6.26. The summed E-state index contributed by atoms with van der Waals surface area (Å²) in [6, 6.07) is 1.85. The lowest BCUT2D eigenvalue weighted by atomic mass is 10.4. The topological polar surface area (TPSA) is 25.4 Å². The van der Waals surface area contributed by atoms with Gasteiger partial charge in [-0.3, -0.25) is 0 Å². The van der Waals surface area contributed by atoms with Crippen molar-refractivity contribution >= 4 is 33.3 Å². The van der Waals surface area contributed by atoms with E-state index in [9.17, 15) is 0 Å². The zero-order valence-corrected chi connectivity index (χ0v) is 11.9. The maximum Gasteiger partial charge on any atom is 0.143 e. The molecule has 5 heteroatoms. The molecule has 0 saturated heterocycles. The molecule has 0 atom stereocenters. The summed E-state index contributed by atoms with van der Waals surface area (Å²) in [7, 11) is 0. The second-order valence-electron chi connectivity index (χ2n) is 3.24. The first kappa shape index (κ1) is 13.7. The van der Waals surface area contributed by atoms with Crippen molar-refractivity contribution in [2.75, 3.05) is 31.2 Å². The van der Waals surface area contributed by atoms with Gasteiger partial charge in [-0.2, -0.15) is 0 Å². The second kappa shape index (κ2) is 7.09. The van der Waals surface area contributed by atoms with Crippen LogP contribution in [-0.2, 0) is 4.74 Å². The zero-order chi connectivity index (χ0) is 12.0. The predicted molar refractivity (Wildman–Crippen MR) is 71.3 cm³/mol. The molecule has 0 aliphatic rings. The second-order valence-corrected chi connectivity index (χ2v) is 4.53. The third-order valence-electron chi connectivity index (χ3n) is 2.18. The number of aromatic nitrogens is 1. The molecule has 0 aromatic carbocycles. The van der Waals surface area contributed by atoms with Gasteiger partial charge in [0.25, 0.3) is 0 Å². The Kier molecular flexibility index (Phi) is 6.09. The monoisotopic (exact) mass is 306 g/mol. The molecular weight excluding hydrogens is 291 g/mol. The van der Waals surface area contributed by atoms with Crippen molar-refractivity contribution in [1.29, 1.82) is 0 Å². The summed E-state index contributed by atoms with van der Waals surface area (Å²) in [5, 5.41) is 0.636. The molecule has 0 fully saturated rings. The van der Waals surface area contributed by atoms with Gasteiger partial charge in [-0.05, 0) is 35.8 Å². The highest BCUT2D eigenvalue weighted by Gasteiger charge is 2.10. The van der Waals surface area contributed by atoms with Crippen LogP contribution in [0.3, 0.4) is 0 Å². The summed E-state index contributed by atoms with van der Waals surface area (Å²) in [5.41, 5.74) is 0. The van der Waals surface area contributed by atoms with Crippen LogP contribution in [0.2, 0.25) is 5.02 Å². The van der Waals surface area contributed by atoms with Gasteiger partial charge in [0.2, 0.25) is 0 Å². The van der Waals surface area contributed by atoms with Gasteiger partial charge in [0.1, 0.15) is 5.82 Å². The minimum absolute atomic E-state index is 0.636. The fourth-order valence-electron chi connectivity index (χ4n) is 1.37. The van der Waals surface area contributed by atoms with Crippen molar-refractivity contribution in [2.45, 2.75) is 13.8 Å². The lowest BCUT2D eigenvalue weighted by molar-refractivity contribution is 0.154. The van der Waals surface area contributed by atoms with Crippen LogP contribution in [0.5, 0.6) is 0 Å². The van der Waals surface area contributed by atoms with Gasteiger partial charge in [0.15, 0.2) is 0 Å². The Bertz CT molecular complexity index is 336. The average molecular weight is 308 g/mol. The Balaban J connectivity index is 2.70. The van der Waals surface area contributed by atoms with Crippen LogP contribution in [-0.4, -0.2) is 31.3 Å². The Morgan fingerprint density at radius 2 is 2.25 bits per heavy atom. The molecule has 0 radical (unpaired) electrons. The summed E-state index contributed by atoms with van der Waals surface area (Å²) in [6.45, 7) is 7.26. The number of ether oxygens (including phenoxy) is 1. The molecule has 0 unspecified atom stereocenters. The summed E-state index contributed by atoms with van der Waals surface area (Å²) in [6.07, 6.45) is 1.66. The van der Waals surface area contributed by atoms with Gasteiger partial charge in [-0.25, -0.2) is 4.98 Å². The van der Waals surface area contributed by atoms with Gasteiger partial charge in [0.05, 0.1) is 16.1 Å². The third kappa shape index (κ3) is 3.92. The van der Waals surface area contributed by atoms with Crippen LogP contribution in [0.25, 0.3) is 0 Å². The maximum absolute atomic E-state index is 5.86. The van der Waals surface area contributed by atoms with Crippen LogP contribution in [0, 0.1) is 0 Å². The van der Waals surface area contributed by atoms with E-state index in [1.807, 2.05) is 13.0 Å². The first-order valence-electron chi connectivity index (χ1n) is 5.32. The van der Waals surface area contributed by atoms with Gasteiger partial charge < -0.3 is 9.64 Å². The van der Waals surface area contributed by atoms with Gasteiger partial charge in [0, 0.05) is 25.9 Å². The molecule has 0 bridgehead atoms. The van der Waals surface area contributed by atoms with Crippen LogP contribution in [0.15, 0.2) is 16.7 Å². The minimum atomic E-state index is 0.636. The van der Waals surface area contributed by atoms with E-state index in [1.165, 1.54) is 0 Å². The average Bonchev–Trinajstić information content (AvgIpc) is 2.26. The molecule has 0 N–H and O–H groups in total. The Hall–Kier alpha value is -0.320. The Morgan fingerprint density at radius 3 is 2.81 bits per heavy atom. The first-order valence-corrected chi connectivity index (χ1v) is 6.49. The van der Waals surface area contributed by atoms with Crippen LogP contribution >= 0.6 is 27.5 Å². The van der Waals surface area contributed by atoms with Gasteiger partial charge in [-0.15, -0.1) is 0 Å². The number of pyridine rings is 1. The lowest BCUT2D eigenvalue weighted by Crippen LogP contribution is -2.28. The smallest absolute Gasteiger partial charge is 0.143 e. The fourth-order valence-corrected chi connectivity index (χ4v) is 2.26. The molecule has 3 nitrogen and oxygen atoms in total. The molecule has 0 spiro atoms. The standard InChI is InChI=1S/C11H16BrClN2O/c1-3-15(5-6-16-4-2)11-10(12)7-9(13)8-14-11/h7-8H,3-6H2,1-2H3. The fraction of sp³-hybridized carbons (Fsp3) is 0.545. The number of hydrogen-bond donors (Lipinski definition) is 0.